The minimum atomic E-state index is 0.0139. The minimum absolute atomic E-state index is 0.0139. The van der Waals surface area contributed by atoms with Crippen LogP contribution in [0.25, 0.3) is 0 Å². The standard InChI is InChI=1S/C6H12O.C3H6O2/c1-5-3-2-4-6(5)7;1-2-5-3-4/h5-7H,2-4H2,1H3;3H,2H2,1H3. The molecular formula is C9H18O3. The van der Waals surface area contributed by atoms with Crippen LogP contribution in [0, 0.1) is 5.92 Å². The summed E-state index contributed by atoms with van der Waals surface area (Å²) in [7, 11) is 0. The Balaban J connectivity index is 0.000000217. The van der Waals surface area contributed by atoms with Crippen molar-refractivity contribution in [2.24, 2.45) is 5.92 Å². The van der Waals surface area contributed by atoms with E-state index in [9.17, 15) is 4.79 Å². The first-order valence-corrected chi connectivity index (χ1v) is 4.45. The Morgan fingerprint density at radius 2 is 2.25 bits per heavy atom. The van der Waals surface area contributed by atoms with Gasteiger partial charge in [-0.1, -0.05) is 13.3 Å². The highest BCUT2D eigenvalue weighted by atomic mass is 16.5. The first kappa shape index (κ1) is 11.4. The van der Waals surface area contributed by atoms with Gasteiger partial charge < -0.3 is 9.84 Å². The second-order valence-electron chi connectivity index (χ2n) is 3.03. The van der Waals surface area contributed by atoms with Crippen molar-refractivity contribution in [2.75, 3.05) is 6.61 Å². The lowest BCUT2D eigenvalue weighted by atomic mass is 10.1. The predicted octanol–water partition coefficient (Wildman–Crippen LogP) is 1.35. The van der Waals surface area contributed by atoms with Gasteiger partial charge in [0.25, 0.3) is 6.47 Å². The molecule has 3 nitrogen and oxygen atoms in total. The van der Waals surface area contributed by atoms with Gasteiger partial charge in [0.1, 0.15) is 0 Å². The lowest BCUT2D eigenvalue weighted by Gasteiger charge is -2.04. The summed E-state index contributed by atoms with van der Waals surface area (Å²) < 4.78 is 4.15. The highest BCUT2D eigenvalue weighted by Crippen LogP contribution is 2.23. The molecule has 1 aliphatic rings. The first-order valence-electron chi connectivity index (χ1n) is 4.45. The van der Waals surface area contributed by atoms with E-state index in [2.05, 4.69) is 11.7 Å². The van der Waals surface area contributed by atoms with Crippen LogP contribution >= 0.6 is 0 Å². The van der Waals surface area contributed by atoms with E-state index in [1.165, 1.54) is 12.8 Å². The van der Waals surface area contributed by atoms with Gasteiger partial charge in [0.2, 0.25) is 0 Å². The number of carbonyl (C=O) groups is 1. The summed E-state index contributed by atoms with van der Waals surface area (Å²) in [5.41, 5.74) is 0. The van der Waals surface area contributed by atoms with E-state index >= 15 is 0 Å². The van der Waals surface area contributed by atoms with E-state index in [0.717, 1.165) is 6.42 Å². The highest BCUT2D eigenvalue weighted by Gasteiger charge is 2.19. The average molecular weight is 174 g/mol. The molecule has 1 saturated carbocycles. The summed E-state index contributed by atoms with van der Waals surface area (Å²) in [5.74, 6) is 0.569. The molecule has 0 aromatic heterocycles. The quantitative estimate of drug-likeness (QED) is 0.643. The maximum absolute atomic E-state index is 9.18. The van der Waals surface area contributed by atoms with Crippen LogP contribution in [0.5, 0.6) is 0 Å². The summed E-state index contributed by atoms with van der Waals surface area (Å²) in [6, 6.07) is 0. The average Bonchev–Trinajstić information content (AvgIpc) is 2.39. The number of ether oxygens (including phenoxy) is 1. The van der Waals surface area contributed by atoms with Crippen LogP contribution in [-0.4, -0.2) is 24.3 Å². The molecule has 12 heavy (non-hydrogen) atoms. The molecule has 0 bridgehead atoms. The van der Waals surface area contributed by atoms with Gasteiger partial charge in [-0.05, 0) is 25.7 Å². The van der Waals surface area contributed by atoms with Crippen LogP contribution < -0.4 is 0 Å². The third-order valence-electron chi connectivity index (χ3n) is 2.05. The van der Waals surface area contributed by atoms with Crippen molar-refractivity contribution in [2.45, 2.75) is 39.2 Å². The van der Waals surface area contributed by atoms with Gasteiger partial charge in [0.15, 0.2) is 0 Å². The van der Waals surface area contributed by atoms with Gasteiger partial charge in [-0.15, -0.1) is 0 Å². The SMILES string of the molecule is CC1CCCC1O.CCOC=O. The fraction of sp³-hybridized carbons (Fsp3) is 0.889. The van der Waals surface area contributed by atoms with Crippen molar-refractivity contribution < 1.29 is 14.6 Å². The van der Waals surface area contributed by atoms with Crippen molar-refractivity contribution in [1.29, 1.82) is 0 Å². The molecule has 0 aromatic carbocycles. The lowest BCUT2D eigenvalue weighted by molar-refractivity contribution is -0.128. The summed E-state index contributed by atoms with van der Waals surface area (Å²) >= 11 is 0. The molecule has 3 heteroatoms. The molecule has 2 unspecified atom stereocenters. The van der Waals surface area contributed by atoms with E-state index in [1.54, 1.807) is 6.92 Å². The normalized spacial score (nSPS) is 27.2. The highest BCUT2D eigenvalue weighted by molar-refractivity contribution is 5.36. The van der Waals surface area contributed by atoms with Crippen molar-refractivity contribution in [3.63, 3.8) is 0 Å². The van der Waals surface area contributed by atoms with Crippen LogP contribution in [0.4, 0.5) is 0 Å². The third-order valence-corrected chi connectivity index (χ3v) is 2.05. The fourth-order valence-electron chi connectivity index (χ4n) is 1.19. The van der Waals surface area contributed by atoms with Gasteiger partial charge in [-0.3, -0.25) is 4.79 Å². The molecular weight excluding hydrogens is 156 g/mol. The van der Waals surface area contributed by atoms with Gasteiger partial charge >= 0.3 is 0 Å². The topological polar surface area (TPSA) is 46.5 Å². The molecule has 0 aliphatic heterocycles. The fourth-order valence-corrected chi connectivity index (χ4v) is 1.19. The summed E-state index contributed by atoms with van der Waals surface area (Å²) in [6.07, 6.45) is 3.49. The zero-order chi connectivity index (χ0) is 9.40. The Labute approximate surface area is 73.7 Å². The van der Waals surface area contributed by atoms with E-state index in [0.29, 0.717) is 19.0 Å². The van der Waals surface area contributed by atoms with Crippen LogP contribution in [-0.2, 0) is 9.53 Å². The van der Waals surface area contributed by atoms with Crippen molar-refractivity contribution in [3.8, 4) is 0 Å². The second-order valence-corrected chi connectivity index (χ2v) is 3.03. The number of aliphatic hydroxyl groups is 1. The number of carbonyl (C=O) groups excluding carboxylic acids is 1. The van der Waals surface area contributed by atoms with Crippen molar-refractivity contribution in [1.82, 2.24) is 0 Å². The Morgan fingerprint density at radius 1 is 1.58 bits per heavy atom. The Morgan fingerprint density at radius 3 is 2.33 bits per heavy atom. The van der Waals surface area contributed by atoms with Gasteiger partial charge in [-0.2, -0.15) is 0 Å². The third kappa shape index (κ3) is 5.13. The van der Waals surface area contributed by atoms with Crippen molar-refractivity contribution in [3.05, 3.63) is 0 Å². The summed E-state index contributed by atoms with van der Waals surface area (Å²) in [4.78, 5) is 9.18. The molecule has 1 fully saturated rings. The smallest absolute Gasteiger partial charge is 0.293 e. The predicted molar refractivity (Wildman–Crippen MR) is 46.7 cm³/mol. The zero-order valence-corrected chi connectivity index (χ0v) is 7.82. The number of aliphatic hydroxyl groups excluding tert-OH is 1. The number of rotatable bonds is 2. The zero-order valence-electron chi connectivity index (χ0n) is 7.82. The molecule has 1 aliphatic carbocycles. The molecule has 2 atom stereocenters. The molecule has 0 radical (unpaired) electrons. The molecule has 0 saturated heterocycles. The van der Waals surface area contributed by atoms with Gasteiger partial charge in [0, 0.05) is 0 Å². The summed E-state index contributed by atoms with van der Waals surface area (Å²) in [5, 5.41) is 9.00. The minimum Gasteiger partial charge on any atom is -0.468 e. The molecule has 0 heterocycles. The van der Waals surface area contributed by atoms with E-state index in [1.807, 2.05) is 0 Å². The van der Waals surface area contributed by atoms with Crippen LogP contribution in [0.3, 0.4) is 0 Å². The molecule has 72 valence electrons. The lowest BCUT2D eigenvalue weighted by Crippen LogP contribution is -2.07. The first-order chi connectivity index (χ1) is 5.72. The largest absolute Gasteiger partial charge is 0.468 e. The Kier molecular flexibility index (Phi) is 6.76. The van der Waals surface area contributed by atoms with Crippen LogP contribution in [0.15, 0.2) is 0 Å². The van der Waals surface area contributed by atoms with Gasteiger partial charge in [0.05, 0.1) is 12.7 Å². The number of hydrogen-bond donors (Lipinski definition) is 1. The molecule has 0 amide bonds. The van der Waals surface area contributed by atoms with Crippen molar-refractivity contribution >= 4 is 6.47 Å². The monoisotopic (exact) mass is 174 g/mol. The van der Waals surface area contributed by atoms with E-state index in [-0.39, 0.29) is 6.10 Å². The van der Waals surface area contributed by atoms with E-state index < -0.39 is 0 Å². The molecule has 0 aromatic rings. The van der Waals surface area contributed by atoms with Crippen LogP contribution in [0.2, 0.25) is 0 Å². The Bertz CT molecular complexity index is 106. The maximum atomic E-state index is 9.18. The van der Waals surface area contributed by atoms with E-state index in [4.69, 9.17) is 5.11 Å². The second kappa shape index (κ2) is 7.10. The van der Waals surface area contributed by atoms with Gasteiger partial charge in [-0.25, -0.2) is 0 Å². The number of hydrogen-bond acceptors (Lipinski definition) is 3. The molecule has 0 spiro atoms. The Hall–Kier alpha value is -0.570. The molecule has 1 rings (SSSR count). The summed E-state index contributed by atoms with van der Waals surface area (Å²) in [6.45, 7) is 4.77. The maximum Gasteiger partial charge on any atom is 0.293 e. The van der Waals surface area contributed by atoms with Crippen LogP contribution in [0.1, 0.15) is 33.1 Å². The molecule has 1 N–H and O–H groups in total.